The van der Waals surface area contributed by atoms with Crippen LogP contribution in [0.1, 0.15) is 24.0 Å². The van der Waals surface area contributed by atoms with Crippen LogP contribution in [0.3, 0.4) is 0 Å². The Morgan fingerprint density at radius 3 is 2.69 bits per heavy atom. The number of hydrogen-bond acceptors (Lipinski definition) is 4. The van der Waals surface area contributed by atoms with Gasteiger partial charge in [0.05, 0.1) is 13.2 Å². The number of anilines is 1. The topological polar surface area (TPSA) is 91.2 Å². The molecule has 0 spiro atoms. The van der Waals surface area contributed by atoms with Gasteiger partial charge in [-0.25, -0.2) is 0 Å². The van der Waals surface area contributed by atoms with E-state index in [1.807, 2.05) is 42.5 Å². The quantitative estimate of drug-likeness (QED) is 0.765. The lowest BCUT2D eigenvalue weighted by molar-refractivity contribution is -0.121. The van der Waals surface area contributed by atoms with Crippen LogP contribution in [-0.4, -0.2) is 18.9 Å². The first-order chi connectivity index (χ1) is 12.6. The highest BCUT2D eigenvalue weighted by molar-refractivity contribution is 5.92. The first kappa shape index (κ1) is 19.0. The first-order valence-electron chi connectivity index (χ1n) is 8.26. The zero-order valence-corrected chi connectivity index (χ0v) is 14.6. The standard InChI is InChI=1S/C20H21N3O3/c1-26-17-7-4-5-15(13-17)9-10-19(24)22-14-16-6-2-3-8-18(16)23-20(25)11-12-21/h2-8,13H,9-11,14H2,1H3,(H,22,24)(H,23,25). The summed E-state index contributed by atoms with van der Waals surface area (Å²) in [7, 11) is 1.61. The maximum absolute atomic E-state index is 12.1. The molecule has 26 heavy (non-hydrogen) atoms. The molecule has 0 heterocycles. The van der Waals surface area contributed by atoms with E-state index in [1.54, 1.807) is 19.2 Å². The minimum Gasteiger partial charge on any atom is -0.497 e. The van der Waals surface area contributed by atoms with Gasteiger partial charge in [0, 0.05) is 18.7 Å². The van der Waals surface area contributed by atoms with Crippen LogP contribution in [0.4, 0.5) is 5.69 Å². The van der Waals surface area contributed by atoms with E-state index in [2.05, 4.69) is 10.6 Å². The molecule has 0 aromatic heterocycles. The summed E-state index contributed by atoms with van der Waals surface area (Å²) in [5.74, 6) is 0.320. The molecule has 2 N–H and O–H groups in total. The van der Waals surface area contributed by atoms with Crippen LogP contribution in [0.15, 0.2) is 48.5 Å². The molecule has 0 radical (unpaired) electrons. The van der Waals surface area contributed by atoms with E-state index in [-0.39, 0.29) is 18.2 Å². The number of hydrogen-bond donors (Lipinski definition) is 2. The Morgan fingerprint density at radius 1 is 1.12 bits per heavy atom. The summed E-state index contributed by atoms with van der Waals surface area (Å²) in [4.78, 5) is 23.7. The molecule has 0 aliphatic carbocycles. The van der Waals surface area contributed by atoms with Crippen LogP contribution in [0.25, 0.3) is 0 Å². The van der Waals surface area contributed by atoms with Crippen molar-refractivity contribution in [2.45, 2.75) is 25.8 Å². The van der Waals surface area contributed by atoms with Crippen molar-refractivity contribution in [2.75, 3.05) is 12.4 Å². The highest BCUT2D eigenvalue weighted by Gasteiger charge is 2.08. The van der Waals surface area contributed by atoms with Gasteiger partial charge >= 0.3 is 0 Å². The Hall–Kier alpha value is -3.33. The Bertz CT molecular complexity index is 812. The largest absolute Gasteiger partial charge is 0.497 e. The normalized spacial score (nSPS) is 9.85. The van der Waals surface area contributed by atoms with Gasteiger partial charge in [0.2, 0.25) is 11.8 Å². The van der Waals surface area contributed by atoms with E-state index in [9.17, 15) is 9.59 Å². The molecule has 0 aliphatic heterocycles. The lowest BCUT2D eigenvalue weighted by atomic mass is 10.1. The van der Waals surface area contributed by atoms with Crippen LogP contribution in [0, 0.1) is 11.3 Å². The fourth-order valence-electron chi connectivity index (χ4n) is 2.43. The van der Waals surface area contributed by atoms with E-state index < -0.39 is 0 Å². The second-order valence-corrected chi connectivity index (χ2v) is 5.67. The summed E-state index contributed by atoms with van der Waals surface area (Å²) in [6.45, 7) is 0.306. The zero-order valence-electron chi connectivity index (χ0n) is 14.6. The van der Waals surface area contributed by atoms with Crippen molar-refractivity contribution in [2.24, 2.45) is 0 Å². The summed E-state index contributed by atoms with van der Waals surface area (Å²) in [5, 5.41) is 14.1. The van der Waals surface area contributed by atoms with Gasteiger partial charge in [0.15, 0.2) is 0 Å². The number of para-hydroxylation sites is 1. The molecule has 2 aromatic carbocycles. The van der Waals surface area contributed by atoms with Crippen molar-refractivity contribution < 1.29 is 14.3 Å². The van der Waals surface area contributed by atoms with Crippen molar-refractivity contribution in [3.8, 4) is 11.8 Å². The monoisotopic (exact) mass is 351 g/mol. The summed E-state index contributed by atoms with van der Waals surface area (Å²) >= 11 is 0. The van der Waals surface area contributed by atoms with Gasteiger partial charge in [-0.3, -0.25) is 9.59 Å². The number of carbonyl (C=O) groups is 2. The van der Waals surface area contributed by atoms with Crippen molar-refractivity contribution in [3.05, 3.63) is 59.7 Å². The van der Waals surface area contributed by atoms with Gasteiger partial charge < -0.3 is 15.4 Å². The molecule has 0 saturated heterocycles. The van der Waals surface area contributed by atoms with Gasteiger partial charge in [0.25, 0.3) is 0 Å². The molecule has 0 aliphatic rings. The van der Waals surface area contributed by atoms with Crippen molar-refractivity contribution in [3.63, 3.8) is 0 Å². The Morgan fingerprint density at radius 2 is 1.92 bits per heavy atom. The molecule has 2 rings (SSSR count). The maximum Gasteiger partial charge on any atom is 0.238 e. The number of carbonyl (C=O) groups excluding carboxylic acids is 2. The molecule has 0 unspecified atom stereocenters. The molecular formula is C20H21N3O3. The van der Waals surface area contributed by atoms with Crippen molar-refractivity contribution >= 4 is 17.5 Å². The van der Waals surface area contributed by atoms with Crippen LogP contribution >= 0.6 is 0 Å². The van der Waals surface area contributed by atoms with Crippen LogP contribution in [0.5, 0.6) is 5.75 Å². The molecule has 0 fully saturated rings. The predicted octanol–water partition coefficient (Wildman–Crippen LogP) is 2.80. The predicted molar refractivity (Wildman–Crippen MR) is 98.5 cm³/mol. The molecule has 0 saturated carbocycles. The number of amides is 2. The maximum atomic E-state index is 12.1. The van der Waals surface area contributed by atoms with Crippen LogP contribution < -0.4 is 15.4 Å². The molecule has 2 amide bonds. The first-order valence-corrected chi connectivity index (χ1v) is 8.26. The summed E-state index contributed by atoms with van der Waals surface area (Å²) in [6.07, 6.45) is 0.765. The molecule has 6 heteroatoms. The van der Waals surface area contributed by atoms with Gasteiger partial charge in [-0.2, -0.15) is 5.26 Å². The molecule has 6 nitrogen and oxygen atoms in total. The Kier molecular flexibility index (Phi) is 7.19. The van der Waals surface area contributed by atoms with Gasteiger partial charge in [-0.05, 0) is 35.7 Å². The van der Waals surface area contributed by atoms with E-state index in [0.717, 1.165) is 16.9 Å². The van der Waals surface area contributed by atoms with Crippen LogP contribution in [0.2, 0.25) is 0 Å². The summed E-state index contributed by atoms with van der Waals surface area (Å²) in [5.41, 5.74) is 2.41. The molecule has 134 valence electrons. The number of nitrogens with zero attached hydrogens (tertiary/aromatic N) is 1. The Labute approximate surface area is 152 Å². The average molecular weight is 351 g/mol. The molecule has 2 aromatic rings. The highest BCUT2D eigenvalue weighted by atomic mass is 16.5. The summed E-state index contributed by atoms with van der Waals surface area (Å²) in [6, 6.07) is 16.6. The zero-order chi connectivity index (χ0) is 18.8. The highest BCUT2D eigenvalue weighted by Crippen LogP contribution is 2.16. The number of methoxy groups -OCH3 is 1. The van der Waals surface area contributed by atoms with Gasteiger partial charge in [-0.1, -0.05) is 30.3 Å². The Balaban J connectivity index is 1.87. The lowest BCUT2D eigenvalue weighted by Crippen LogP contribution is -2.24. The van der Waals surface area contributed by atoms with E-state index in [0.29, 0.717) is 25.1 Å². The minimum absolute atomic E-state index is 0.0778. The van der Waals surface area contributed by atoms with Crippen LogP contribution in [-0.2, 0) is 22.6 Å². The van der Waals surface area contributed by atoms with Crippen molar-refractivity contribution in [1.82, 2.24) is 5.32 Å². The number of aryl methyl sites for hydroxylation is 1. The van der Waals surface area contributed by atoms with Gasteiger partial charge in [-0.15, -0.1) is 0 Å². The number of nitrogens with one attached hydrogen (secondary N) is 2. The fraction of sp³-hybridized carbons (Fsp3) is 0.250. The van der Waals surface area contributed by atoms with Crippen molar-refractivity contribution in [1.29, 1.82) is 5.26 Å². The number of ether oxygens (including phenoxy) is 1. The molecule has 0 bridgehead atoms. The third-order valence-corrected chi connectivity index (χ3v) is 3.78. The van der Waals surface area contributed by atoms with E-state index in [4.69, 9.17) is 10.00 Å². The molecule has 0 atom stereocenters. The fourth-order valence-corrected chi connectivity index (χ4v) is 2.43. The third kappa shape index (κ3) is 5.95. The second kappa shape index (κ2) is 9.84. The number of rotatable bonds is 8. The smallest absolute Gasteiger partial charge is 0.238 e. The summed E-state index contributed by atoms with van der Waals surface area (Å²) < 4.78 is 5.17. The van der Waals surface area contributed by atoms with E-state index in [1.165, 1.54) is 0 Å². The lowest BCUT2D eigenvalue weighted by Gasteiger charge is -2.11. The number of nitriles is 1. The van der Waals surface area contributed by atoms with Gasteiger partial charge in [0.1, 0.15) is 12.2 Å². The third-order valence-electron chi connectivity index (χ3n) is 3.78. The molecular weight excluding hydrogens is 330 g/mol. The average Bonchev–Trinajstić information content (AvgIpc) is 2.66. The second-order valence-electron chi connectivity index (χ2n) is 5.67. The SMILES string of the molecule is COc1cccc(CCC(=O)NCc2ccccc2NC(=O)CC#N)c1. The van der Waals surface area contributed by atoms with E-state index >= 15 is 0 Å². The minimum atomic E-state index is -0.371. The number of benzene rings is 2.